The number of benzene rings is 3. The summed E-state index contributed by atoms with van der Waals surface area (Å²) in [6.45, 7) is 1.51. The SMILES string of the molecule is O=C(c1ccc(-c2cc(NC(=O)C3(c4ccc5c(c4)OCO5)CC3)ccc2OC(F)(F)F)cc1)N1CCCCC1. The maximum atomic E-state index is 13.4. The third-order valence-electron chi connectivity index (χ3n) is 7.66. The van der Waals surface area contributed by atoms with E-state index in [1.807, 2.05) is 6.07 Å². The van der Waals surface area contributed by atoms with Crippen LogP contribution in [0.3, 0.4) is 0 Å². The quantitative estimate of drug-likeness (QED) is 0.390. The molecule has 0 bridgehead atoms. The van der Waals surface area contributed by atoms with Gasteiger partial charge in [-0.1, -0.05) is 18.2 Å². The van der Waals surface area contributed by atoms with E-state index in [1.54, 1.807) is 41.3 Å². The number of carbonyl (C=O) groups excluding carboxylic acids is 2. The molecule has 0 unspecified atom stereocenters. The number of fused-ring (bicyclic) bond motifs is 1. The number of carbonyl (C=O) groups is 2. The van der Waals surface area contributed by atoms with Crippen molar-refractivity contribution in [3.63, 3.8) is 0 Å². The van der Waals surface area contributed by atoms with E-state index < -0.39 is 17.5 Å². The standard InChI is InChI=1S/C30H27F3N2O5/c31-30(32,33)40-24-11-9-22(34-28(37)29(12-13-29)21-8-10-25-26(16-21)39-18-38-25)17-23(24)19-4-6-20(7-5-19)27(36)35-14-2-1-3-15-35/h4-11,16-17H,1-3,12-15,18H2,(H,34,37). The molecule has 1 saturated carbocycles. The molecular formula is C30H27F3N2O5. The van der Waals surface area contributed by atoms with Crippen LogP contribution in [0.4, 0.5) is 18.9 Å². The molecule has 3 aromatic carbocycles. The molecule has 7 nitrogen and oxygen atoms in total. The summed E-state index contributed by atoms with van der Waals surface area (Å²) in [5, 5.41) is 2.88. The predicted octanol–water partition coefficient (Wildman–Crippen LogP) is 6.28. The average Bonchev–Trinajstić information content (AvgIpc) is 3.64. The molecule has 2 aliphatic heterocycles. The van der Waals surface area contributed by atoms with E-state index >= 15 is 0 Å². The number of piperidine rings is 1. The van der Waals surface area contributed by atoms with Gasteiger partial charge in [0.05, 0.1) is 5.41 Å². The van der Waals surface area contributed by atoms with Gasteiger partial charge in [-0.3, -0.25) is 9.59 Å². The molecule has 0 radical (unpaired) electrons. The normalized spacial score (nSPS) is 17.3. The summed E-state index contributed by atoms with van der Waals surface area (Å²) >= 11 is 0. The Hall–Kier alpha value is -4.21. The van der Waals surface area contributed by atoms with Gasteiger partial charge in [-0.25, -0.2) is 0 Å². The molecule has 0 aromatic heterocycles. The molecule has 1 saturated heterocycles. The molecule has 6 rings (SSSR count). The van der Waals surface area contributed by atoms with Gasteiger partial charge in [-0.05, 0) is 85.7 Å². The highest BCUT2D eigenvalue weighted by Gasteiger charge is 2.51. The fourth-order valence-electron chi connectivity index (χ4n) is 5.34. The van der Waals surface area contributed by atoms with Crippen molar-refractivity contribution in [2.45, 2.75) is 43.9 Å². The van der Waals surface area contributed by atoms with Crippen molar-refractivity contribution in [2.24, 2.45) is 0 Å². The number of rotatable bonds is 6. The van der Waals surface area contributed by atoms with Crippen LogP contribution in [0.5, 0.6) is 17.2 Å². The van der Waals surface area contributed by atoms with Crippen LogP contribution in [0.2, 0.25) is 0 Å². The Morgan fingerprint density at radius 1 is 0.875 bits per heavy atom. The number of alkyl halides is 3. The van der Waals surface area contributed by atoms with Crippen molar-refractivity contribution in [2.75, 3.05) is 25.2 Å². The number of halogens is 3. The first kappa shape index (κ1) is 26.0. The minimum Gasteiger partial charge on any atom is -0.454 e. The number of likely N-dealkylation sites (tertiary alicyclic amines) is 1. The van der Waals surface area contributed by atoms with Crippen LogP contribution >= 0.6 is 0 Å². The Kier molecular flexibility index (Phi) is 6.56. The van der Waals surface area contributed by atoms with E-state index in [-0.39, 0.29) is 24.2 Å². The Morgan fingerprint density at radius 2 is 1.60 bits per heavy atom. The fourth-order valence-corrected chi connectivity index (χ4v) is 5.34. The number of nitrogens with one attached hydrogen (secondary N) is 1. The topological polar surface area (TPSA) is 77.1 Å². The van der Waals surface area contributed by atoms with Crippen LogP contribution < -0.4 is 19.5 Å². The number of amides is 2. The lowest BCUT2D eigenvalue weighted by Gasteiger charge is -2.26. The third kappa shape index (κ3) is 5.17. The van der Waals surface area contributed by atoms with Crippen LogP contribution in [-0.2, 0) is 10.2 Å². The largest absolute Gasteiger partial charge is 0.573 e. The van der Waals surface area contributed by atoms with Gasteiger partial charge in [0.15, 0.2) is 11.5 Å². The molecule has 1 N–H and O–H groups in total. The Balaban J connectivity index is 1.26. The lowest BCUT2D eigenvalue weighted by Crippen LogP contribution is -2.35. The zero-order valence-electron chi connectivity index (χ0n) is 21.6. The molecule has 40 heavy (non-hydrogen) atoms. The summed E-state index contributed by atoms with van der Waals surface area (Å²) in [5.41, 5.74) is 1.39. The summed E-state index contributed by atoms with van der Waals surface area (Å²) in [7, 11) is 0. The average molecular weight is 553 g/mol. The van der Waals surface area contributed by atoms with Crippen molar-refractivity contribution >= 4 is 17.5 Å². The Morgan fingerprint density at radius 3 is 2.30 bits per heavy atom. The summed E-state index contributed by atoms with van der Waals surface area (Å²) in [4.78, 5) is 28.0. The molecule has 1 aliphatic carbocycles. The third-order valence-corrected chi connectivity index (χ3v) is 7.66. The highest BCUT2D eigenvalue weighted by Crippen LogP contribution is 2.51. The maximum absolute atomic E-state index is 13.4. The monoisotopic (exact) mass is 552 g/mol. The van der Waals surface area contributed by atoms with E-state index in [1.165, 1.54) is 18.2 Å². The molecule has 10 heteroatoms. The zero-order valence-corrected chi connectivity index (χ0v) is 21.6. The molecule has 3 aliphatic rings. The molecule has 2 heterocycles. The minimum absolute atomic E-state index is 0.0997. The molecule has 0 spiro atoms. The van der Waals surface area contributed by atoms with Crippen LogP contribution in [-0.4, -0.2) is 43.0 Å². The Bertz CT molecular complexity index is 1440. The van der Waals surface area contributed by atoms with E-state index in [0.29, 0.717) is 54.2 Å². The first-order chi connectivity index (χ1) is 19.2. The zero-order chi connectivity index (χ0) is 27.9. The van der Waals surface area contributed by atoms with Gasteiger partial charge in [0.2, 0.25) is 12.7 Å². The molecule has 3 aromatic rings. The maximum Gasteiger partial charge on any atom is 0.573 e. The second-order valence-corrected chi connectivity index (χ2v) is 10.3. The van der Waals surface area contributed by atoms with E-state index in [0.717, 1.165) is 24.8 Å². The van der Waals surface area contributed by atoms with Crippen molar-refractivity contribution in [3.05, 3.63) is 71.8 Å². The number of anilines is 1. The predicted molar refractivity (Wildman–Crippen MR) is 140 cm³/mol. The van der Waals surface area contributed by atoms with Crippen molar-refractivity contribution in [1.29, 1.82) is 0 Å². The fraction of sp³-hybridized carbons (Fsp3) is 0.333. The lowest BCUT2D eigenvalue weighted by molar-refractivity contribution is -0.274. The second-order valence-electron chi connectivity index (χ2n) is 10.3. The second kappa shape index (κ2) is 10.1. The summed E-state index contributed by atoms with van der Waals surface area (Å²) < 4.78 is 54.7. The number of ether oxygens (including phenoxy) is 3. The van der Waals surface area contributed by atoms with Crippen LogP contribution in [0, 0.1) is 0 Å². The smallest absolute Gasteiger partial charge is 0.454 e. The summed E-state index contributed by atoms with van der Waals surface area (Å²) in [5.74, 6) is 0.433. The number of nitrogens with zero attached hydrogens (tertiary/aromatic N) is 1. The molecule has 2 fully saturated rings. The molecular weight excluding hydrogens is 525 g/mol. The first-order valence-corrected chi connectivity index (χ1v) is 13.2. The van der Waals surface area contributed by atoms with Crippen LogP contribution in [0.1, 0.15) is 48.0 Å². The van der Waals surface area contributed by atoms with Crippen molar-refractivity contribution in [3.8, 4) is 28.4 Å². The van der Waals surface area contributed by atoms with E-state index in [9.17, 15) is 22.8 Å². The highest BCUT2D eigenvalue weighted by molar-refractivity contribution is 6.02. The van der Waals surface area contributed by atoms with Gasteiger partial charge < -0.3 is 24.4 Å². The van der Waals surface area contributed by atoms with Crippen molar-refractivity contribution < 1.29 is 37.0 Å². The molecule has 208 valence electrons. The molecule has 2 amide bonds. The van der Waals surface area contributed by atoms with E-state index in [2.05, 4.69) is 10.1 Å². The van der Waals surface area contributed by atoms with Gasteiger partial charge >= 0.3 is 6.36 Å². The minimum atomic E-state index is -4.90. The van der Waals surface area contributed by atoms with Crippen LogP contribution in [0.15, 0.2) is 60.7 Å². The highest BCUT2D eigenvalue weighted by atomic mass is 19.4. The van der Waals surface area contributed by atoms with Gasteiger partial charge in [-0.15, -0.1) is 13.2 Å². The first-order valence-electron chi connectivity index (χ1n) is 13.2. The Labute approximate surface area is 228 Å². The van der Waals surface area contributed by atoms with Gasteiger partial charge in [0.1, 0.15) is 5.75 Å². The summed E-state index contributed by atoms with van der Waals surface area (Å²) in [6.07, 6.45) is -0.635. The van der Waals surface area contributed by atoms with Crippen molar-refractivity contribution in [1.82, 2.24) is 4.90 Å². The lowest BCUT2D eigenvalue weighted by atomic mass is 9.94. The number of hydrogen-bond donors (Lipinski definition) is 1. The van der Waals surface area contributed by atoms with Crippen LogP contribution in [0.25, 0.3) is 11.1 Å². The number of hydrogen-bond acceptors (Lipinski definition) is 5. The van der Waals surface area contributed by atoms with Gasteiger partial charge in [-0.2, -0.15) is 0 Å². The molecule has 0 atom stereocenters. The van der Waals surface area contributed by atoms with E-state index in [4.69, 9.17) is 9.47 Å². The van der Waals surface area contributed by atoms with Gasteiger partial charge in [0, 0.05) is 29.9 Å². The van der Waals surface area contributed by atoms with Gasteiger partial charge in [0.25, 0.3) is 5.91 Å². The summed E-state index contributed by atoms with van der Waals surface area (Å²) in [6, 6.07) is 15.8.